The van der Waals surface area contributed by atoms with Crippen molar-refractivity contribution in [3.05, 3.63) is 228 Å². The highest BCUT2D eigenvalue weighted by atomic mass is 16.5. The van der Waals surface area contributed by atoms with Gasteiger partial charge in [0.25, 0.3) is 0 Å². The number of aliphatic imine (C=N–C) groups is 1. The van der Waals surface area contributed by atoms with Gasteiger partial charge in [0, 0.05) is 28.9 Å². The fourth-order valence-corrected chi connectivity index (χ4v) is 9.27. The Balaban J connectivity index is 1.00. The molecule has 0 amide bonds. The Hall–Kier alpha value is -6.91. The monoisotopic (exact) mass is 723 g/mol. The standard InChI is InChI=1S/C52H41N3O/c1-51-32-13-33-55(51)47-31-29-42(35-45(47)52(51)43-20-8-10-22-48(43)56-49-23-11-9-21-44(49)52)41-19-12-18-40(34-41)37-25-27-39(28-26-37)50(53)54-46(38-16-6-3-7-17-38)30-24-36-14-4-2-5-15-36/h2-23,25-32,34-35H,24,33H2,1H3,(H2,53,54)/b46-30-. The highest BCUT2D eigenvalue weighted by Crippen LogP contribution is 2.65. The number of anilines is 1. The molecular formula is C52H41N3O. The van der Waals surface area contributed by atoms with E-state index >= 15 is 0 Å². The van der Waals surface area contributed by atoms with Crippen molar-refractivity contribution in [2.24, 2.45) is 10.7 Å². The van der Waals surface area contributed by atoms with E-state index in [0.717, 1.165) is 52.4 Å². The molecule has 0 bridgehead atoms. The van der Waals surface area contributed by atoms with Crippen LogP contribution in [0.4, 0.5) is 5.69 Å². The Morgan fingerprint density at radius 3 is 1.95 bits per heavy atom. The Labute approximate surface area is 328 Å². The van der Waals surface area contributed by atoms with Crippen LogP contribution < -0.4 is 15.4 Å². The molecule has 7 aromatic carbocycles. The molecule has 0 saturated carbocycles. The topological polar surface area (TPSA) is 50.8 Å². The molecule has 3 aliphatic rings. The lowest BCUT2D eigenvalue weighted by Gasteiger charge is -2.48. The zero-order valence-corrected chi connectivity index (χ0v) is 31.3. The lowest BCUT2D eigenvalue weighted by atomic mass is 9.59. The molecule has 4 heteroatoms. The zero-order valence-electron chi connectivity index (χ0n) is 31.3. The molecule has 3 aliphatic heterocycles. The maximum absolute atomic E-state index is 6.69. The molecule has 56 heavy (non-hydrogen) atoms. The number of ether oxygens (including phenoxy) is 1. The largest absolute Gasteiger partial charge is 0.457 e. The van der Waals surface area contributed by atoms with Crippen LogP contribution in [0.1, 0.15) is 40.3 Å². The van der Waals surface area contributed by atoms with Crippen LogP contribution in [0.3, 0.4) is 0 Å². The maximum atomic E-state index is 6.69. The third-order valence-corrected chi connectivity index (χ3v) is 11.9. The van der Waals surface area contributed by atoms with Gasteiger partial charge >= 0.3 is 0 Å². The second kappa shape index (κ2) is 13.4. The van der Waals surface area contributed by atoms with E-state index in [2.05, 4.69) is 182 Å². The number of hydrogen-bond acceptors (Lipinski definition) is 3. The number of amidine groups is 1. The number of nitrogens with two attached hydrogens (primary N) is 1. The van der Waals surface area contributed by atoms with E-state index < -0.39 is 5.41 Å². The van der Waals surface area contributed by atoms with Crippen LogP contribution in [0.15, 0.2) is 199 Å². The minimum atomic E-state index is -0.456. The average Bonchev–Trinajstić information content (AvgIpc) is 3.75. The van der Waals surface area contributed by atoms with E-state index in [1.54, 1.807) is 0 Å². The number of allylic oxidation sites excluding steroid dienone is 1. The van der Waals surface area contributed by atoms with Gasteiger partial charge in [-0.25, -0.2) is 4.99 Å². The van der Waals surface area contributed by atoms with Crippen molar-refractivity contribution >= 4 is 17.2 Å². The molecule has 4 nitrogen and oxygen atoms in total. The van der Waals surface area contributed by atoms with Gasteiger partial charge in [0.15, 0.2) is 0 Å². The molecule has 7 aromatic rings. The summed E-state index contributed by atoms with van der Waals surface area (Å²) in [6, 6.07) is 62.1. The van der Waals surface area contributed by atoms with E-state index in [0.29, 0.717) is 5.84 Å². The quantitative estimate of drug-likeness (QED) is 0.101. The van der Waals surface area contributed by atoms with Crippen molar-refractivity contribution in [3.63, 3.8) is 0 Å². The van der Waals surface area contributed by atoms with Crippen LogP contribution in [0, 0.1) is 0 Å². The van der Waals surface area contributed by atoms with E-state index in [-0.39, 0.29) is 5.54 Å². The molecule has 0 aliphatic carbocycles. The maximum Gasteiger partial charge on any atom is 0.131 e. The normalized spacial score (nSPS) is 17.6. The minimum Gasteiger partial charge on any atom is -0.457 e. The smallest absolute Gasteiger partial charge is 0.131 e. The van der Waals surface area contributed by atoms with Gasteiger partial charge in [-0.15, -0.1) is 0 Å². The second-order valence-electron chi connectivity index (χ2n) is 15.0. The molecule has 10 rings (SSSR count). The molecule has 1 spiro atoms. The van der Waals surface area contributed by atoms with Crippen molar-refractivity contribution in [1.29, 1.82) is 0 Å². The molecule has 0 radical (unpaired) electrons. The number of para-hydroxylation sites is 2. The number of rotatable bonds is 7. The van der Waals surface area contributed by atoms with Gasteiger partial charge in [-0.3, -0.25) is 0 Å². The predicted molar refractivity (Wildman–Crippen MR) is 230 cm³/mol. The van der Waals surface area contributed by atoms with Gasteiger partial charge in [0.2, 0.25) is 0 Å². The highest BCUT2D eigenvalue weighted by Gasteiger charge is 2.63. The summed E-state index contributed by atoms with van der Waals surface area (Å²) in [5.41, 5.74) is 19.5. The molecule has 1 atom stereocenters. The summed E-state index contributed by atoms with van der Waals surface area (Å²) in [6.07, 6.45) is 7.65. The van der Waals surface area contributed by atoms with Crippen LogP contribution in [0.5, 0.6) is 11.5 Å². The Kier molecular flexibility index (Phi) is 8.07. The van der Waals surface area contributed by atoms with E-state index in [4.69, 9.17) is 15.5 Å². The van der Waals surface area contributed by atoms with E-state index in [1.807, 2.05) is 24.3 Å². The van der Waals surface area contributed by atoms with Crippen molar-refractivity contribution in [2.45, 2.75) is 24.3 Å². The molecule has 0 fully saturated rings. The first-order chi connectivity index (χ1) is 27.5. The fraction of sp³-hybridized carbons (Fsp3) is 0.0962. The molecule has 0 aromatic heterocycles. The van der Waals surface area contributed by atoms with Gasteiger partial charge in [-0.05, 0) is 82.6 Å². The van der Waals surface area contributed by atoms with Gasteiger partial charge in [0.05, 0.1) is 16.7 Å². The Bertz CT molecular complexity index is 2650. The van der Waals surface area contributed by atoms with Crippen LogP contribution in [0.25, 0.3) is 28.0 Å². The number of fused-ring (bicyclic) bond motifs is 9. The van der Waals surface area contributed by atoms with Gasteiger partial charge in [-0.1, -0.05) is 164 Å². The predicted octanol–water partition coefficient (Wildman–Crippen LogP) is 11.6. The molecule has 270 valence electrons. The van der Waals surface area contributed by atoms with Crippen LogP contribution in [0.2, 0.25) is 0 Å². The van der Waals surface area contributed by atoms with Crippen molar-refractivity contribution in [1.82, 2.24) is 0 Å². The SMILES string of the molecule is CC12C=CCN1c1ccc(-c3cccc(-c4ccc(/C(N)=N/C(=C\Cc5ccccc5)c5ccccc5)cc4)c3)cc1C21c2ccccc2Oc2ccccc21. The summed E-state index contributed by atoms with van der Waals surface area (Å²) >= 11 is 0. The summed E-state index contributed by atoms with van der Waals surface area (Å²) in [5, 5.41) is 0. The third-order valence-electron chi connectivity index (χ3n) is 11.9. The summed E-state index contributed by atoms with van der Waals surface area (Å²) in [4.78, 5) is 7.52. The van der Waals surface area contributed by atoms with Gasteiger partial charge in [-0.2, -0.15) is 0 Å². The summed E-state index contributed by atoms with van der Waals surface area (Å²) in [5.74, 6) is 2.32. The fourth-order valence-electron chi connectivity index (χ4n) is 9.27. The molecular weight excluding hydrogens is 683 g/mol. The number of benzene rings is 7. The van der Waals surface area contributed by atoms with E-state index in [9.17, 15) is 0 Å². The molecule has 1 unspecified atom stereocenters. The first-order valence-electron chi connectivity index (χ1n) is 19.3. The Morgan fingerprint density at radius 2 is 1.23 bits per heavy atom. The lowest BCUT2D eigenvalue weighted by molar-refractivity contribution is 0.359. The van der Waals surface area contributed by atoms with Gasteiger partial charge in [0.1, 0.15) is 17.3 Å². The Morgan fingerprint density at radius 1 is 0.625 bits per heavy atom. The van der Waals surface area contributed by atoms with Crippen molar-refractivity contribution in [3.8, 4) is 33.8 Å². The first-order valence-corrected chi connectivity index (χ1v) is 19.3. The molecule has 3 heterocycles. The van der Waals surface area contributed by atoms with Crippen LogP contribution in [-0.2, 0) is 11.8 Å². The second-order valence-corrected chi connectivity index (χ2v) is 15.0. The highest BCUT2D eigenvalue weighted by molar-refractivity contribution is 6.01. The van der Waals surface area contributed by atoms with Crippen LogP contribution in [-0.4, -0.2) is 17.9 Å². The zero-order chi connectivity index (χ0) is 37.7. The van der Waals surface area contributed by atoms with Gasteiger partial charge < -0.3 is 15.4 Å². The molecule has 0 saturated heterocycles. The van der Waals surface area contributed by atoms with Crippen molar-refractivity contribution in [2.75, 3.05) is 11.4 Å². The third kappa shape index (κ3) is 5.32. The number of nitrogens with zero attached hydrogens (tertiary/aromatic N) is 2. The minimum absolute atomic E-state index is 0.307. The summed E-state index contributed by atoms with van der Waals surface area (Å²) < 4.78 is 6.58. The van der Waals surface area contributed by atoms with Crippen LogP contribution >= 0.6 is 0 Å². The average molecular weight is 724 g/mol. The summed E-state index contributed by atoms with van der Waals surface area (Å²) in [7, 11) is 0. The number of hydrogen-bond donors (Lipinski definition) is 1. The summed E-state index contributed by atoms with van der Waals surface area (Å²) in [6.45, 7) is 3.26. The van der Waals surface area contributed by atoms with E-state index in [1.165, 1.54) is 39.1 Å². The first kappa shape index (κ1) is 33.6. The van der Waals surface area contributed by atoms with Crippen molar-refractivity contribution < 1.29 is 4.74 Å². The lowest BCUT2D eigenvalue weighted by Crippen LogP contribution is -2.54. The molecule has 2 N–H and O–H groups in total.